The lowest BCUT2D eigenvalue weighted by Gasteiger charge is -2.14. The van der Waals surface area contributed by atoms with Crippen molar-refractivity contribution in [2.24, 2.45) is 5.92 Å². The quantitative estimate of drug-likeness (QED) is 0.278. The number of aryl methyl sites for hydroxylation is 2. The Bertz CT molecular complexity index is 1040. The number of nitrogens with one attached hydrogen (secondary N) is 1. The highest BCUT2D eigenvalue weighted by Gasteiger charge is 2.14. The molecular formula is C29H41N3O2. The molecule has 1 N–H and O–H groups in total. The Morgan fingerprint density at radius 3 is 2.50 bits per heavy atom. The molecule has 0 unspecified atom stereocenters. The molecule has 5 heteroatoms. The number of ether oxygens (including phenoxy) is 1. The van der Waals surface area contributed by atoms with Gasteiger partial charge in [-0.25, -0.2) is 4.98 Å². The number of fused-ring (bicyclic) bond motifs is 1. The van der Waals surface area contributed by atoms with Crippen molar-refractivity contribution >= 4 is 16.9 Å². The SMILES string of the molecule is CCC(CC)C(=O)NCCCc1nc2ccccc2n1CCCCOc1ccccc1C(C)C. The van der Waals surface area contributed by atoms with Crippen LogP contribution in [-0.4, -0.2) is 28.6 Å². The molecule has 34 heavy (non-hydrogen) atoms. The largest absolute Gasteiger partial charge is 0.493 e. The molecule has 0 radical (unpaired) electrons. The molecule has 184 valence electrons. The fraction of sp³-hybridized carbons (Fsp3) is 0.517. The second-order valence-electron chi connectivity index (χ2n) is 9.32. The van der Waals surface area contributed by atoms with Gasteiger partial charge in [-0.1, -0.05) is 58.0 Å². The molecular weight excluding hydrogens is 422 g/mol. The average molecular weight is 464 g/mol. The third kappa shape index (κ3) is 6.85. The summed E-state index contributed by atoms with van der Waals surface area (Å²) in [6.45, 7) is 10.9. The lowest BCUT2D eigenvalue weighted by atomic mass is 10.0. The summed E-state index contributed by atoms with van der Waals surface area (Å²) in [5, 5.41) is 3.10. The Morgan fingerprint density at radius 2 is 1.74 bits per heavy atom. The molecule has 3 rings (SSSR count). The first kappa shape index (κ1) is 25.8. The van der Waals surface area contributed by atoms with Gasteiger partial charge in [0.25, 0.3) is 0 Å². The minimum atomic E-state index is 0.124. The average Bonchev–Trinajstić information content (AvgIpc) is 3.20. The van der Waals surface area contributed by atoms with Crippen molar-refractivity contribution in [3.63, 3.8) is 0 Å². The van der Waals surface area contributed by atoms with Crippen LogP contribution in [0.1, 0.15) is 77.1 Å². The van der Waals surface area contributed by atoms with E-state index in [1.165, 1.54) is 11.1 Å². The maximum Gasteiger partial charge on any atom is 0.223 e. The number of carbonyl (C=O) groups excluding carboxylic acids is 1. The lowest BCUT2D eigenvalue weighted by Crippen LogP contribution is -2.31. The Kier molecular flexibility index (Phi) is 9.99. The van der Waals surface area contributed by atoms with E-state index in [1.54, 1.807) is 0 Å². The summed E-state index contributed by atoms with van der Waals surface area (Å²) in [7, 11) is 0. The van der Waals surface area contributed by atoms with Gasteiger partial charge in [0.15, 0.2) is 0 Å². The summed E-state index contributed by atoms with van der Waals surface area (Å²) in [6.07, 6.45) is 5.56. The summed E-state index contributed by atoms with van der Waals surface area (Å²) in [6, 6.07) is 16.7. The number of unbranched alkanes of at least 4 members (excludes halogenated alkanes) is 1. The summed E-state index contributed by atoms with van der Waals surface area (Å²) < 4.78 is 8.46. The van der Waals surface area contributed by atoms with Gasteiger partial charge < -0.3 is 14.6 Å². The number of aromatic nitrogens is 2. The predicted molar refractivity (Wildman–Crippen MR) is 140 cm³/mol. The van der Waals surface area contributed by atoms with Gasteiger partial charge in [-0.05, 0) is 61.8 Å². The van der Waals surface area contributed by atoms with E-state index in [0.29, 0.717) is 19.1 Å². The molecule has 0 atom stereocenters. The van der Waals surface area contributed by atoms with Crippen LogP contribution in [-0.2, 0) is 17.8 Å². The molecule has 0 aliphatic carbocycles. The number of nitrogens with zero attached hydrogens (tertiary/aromatic N) is 2. The van der Waals surface area contributed by atoms with Gasteiger partial charge in [0.2, 0.25) is 5.91 Å². The number of para-hydroxylation sites is 3. The van der Waals surface area contributed by atoms with E-state index in [-0.39, 0.29) is 11.8 Å². The van der Waals surface area contributed by atoms with Crippen molar-refractivity contribution in [1.29, 1.82) is 0 Å². The summed E-state index contributed by atoms with van der Waals surface area (Å²) in [5.41, 5.74) is 3.49. The summed E-state index contributed by atoms with van der Waals surface area (Å²) in [5.74, 6) is 2.86. The molecule has 0 aliphatic heterocycles. The van der Waals surface area contributed by atoms with Gasteiger partial charge >= 0.3 is 0 Å². The zero-order chi connectivity index (χ0) is 24.3. The number of hydrogen-bond acceptors (Lipinski definition) is 3. The normalized spacial score (nSPS) is 11.5. The highest BCUT2D eigenvalue weighted by atomic mass is 16.5. The number of amides is 1. The molecule has 3 aromatic rings. The number of benzene rings is 2. The smallest absolute Gasteiger partial charge is 0.223 e. The Labute approximate surface area is 204 Å². The van der Waals surface area contributed by atoms with Crippen molar-refractivity contribution in [2.75, 3.05) is 13.2 Å². The van der Waals surface area contributed by atoms with E-state index in [2.05, 4.69) is 74.0 Å². The van der Waals surface area contributed by atoms with E-state index in [9.17, 15) is 4.79 Å². The number of hydrogen-bond donors (Lipinski definition) is 1. The Hall–Kier alpha value is -2.82. The third-order valence-corrected chi connectivity index (χ3v) is 6.54. The summed E-state index contributed by atoms with van der Waals surface area (Å²) in [4.78, 5) is 17.1. The number of rotatable bonds is 14. The molecule has 0 bridgehead atoms. The van der Waals surface area contributed by atoms with Crippen LogP contribution < -0.4 is 10.1 Å². The minimum absolute atomic E-state index is 0.124. The van der Waals surface area contributed by atoms with Gasteiger partial charge in [-0.3, -0.25) is 4.79 Å². The van der Waals surface area contributed by atoms with Crippen molar-refractivity contribution in [1.82, 2.24) is 14.9 Å². The van der Waals surface area contributed by atoms with Crippen LogP contribution in [0.3, 0.4) is 0 Å². The standard InChI is InChI=1S/C29H41N3O2/c1-5-23(6-2)29(33)30-19-13-18-28-31-25-15-8-9-16-26(25)32(28)20-11-12-21-34-27-17-10-7-14-24(27)22(3)4/h7-10,14-17,22-23H,5-6,11-13,18-21H2,1-4H3,(H,30,33). The first-order chi connectivity index (χ1) is 16.5. The van der Waals surface area contributed by atoms with Crippen LogP contribution in [0.5, 0.6) is 5.75 Å². The molecule has 5 nitrogen and oxygen atoms in total. The van der Waals surface area contributed by atoms with E-state index in [4.69, 9.17) is 9.72 Å². The van der Waals surface area contributed by atoms with Crippen LogP contribution in [0.2, 0.25) is 0 Å². The number of imidazole rings is 1. The Morgan fingerprint density at radius 1 is 1.00 bits per heavy atom. The highest BCUT2D eigenvalue weighted by molar-refractivity contribution is 5.78. The van der Waals surface area contributed by atoms with Crippen molar-refractivity contribution < 1.29 is 9.53 Å². The zero-order valence-corrected chi connectivity index (χ0v) is 21.3. The predicted octanol–water partition coefficient (Wildman–Crippen LogP) is 6.50. The van der Waals surface area contributed by atoms with E-state index in [0.717, 1.165) is 62.2 Å². The topological polar surface area (TPSA) is 56.2 Å². The van der Waals surface area contributed by atoms with Crippen molar-refractivity contribution in [3.05, 3.63) is 59.9 Å². The molecule has 1 amide bonds. The van der Waals surface area contributed by atoms with Crippen LogP contribution in [0.4, 0.5) is 0 Å². The third-order valence-electron chi connectivity index (χ3n) is 6.54. The molecule has 0 fully saturated rings. The number of carbonyl (C=O) groups is 1. The maximum atomic E-state index is 12.2. The monoisotopic (exact) mass is 463 g/mol. The van der Waals surface area contributed by atoms with Gasteiger partial charge in [0.05, 0.1) is 17.6 Å². The zero-order valence-electron chi connectivity index (χ0n) is 21.3. The van der Waals surface area contributed by atoms with Crippen LogP contribution in [0, 0.1) is 5.92 Å². The van der Waals surface area contributed by atoms with Gasteiger partial charge in [-0.2, -0.15) is 0 Å². The molecule has 2 aromatic carbocycles. The first-order valence-electron chi connectivity index (χ1n) is 13.0. The van der Waals surface area contributed by atoms with E-state index >= 15 is 0 Å². The van der Waals surface area contributed by atoms with Crippen LogP contribution in [0.25, 0.3) is 11.0 Å². The molecule has 1 aromatic heterocycles. The van der Waals surface area contributed by atoms with Crippen LogP contribution >= 0.6 is 0 Å². The van der Waals surface area contributed by atoms with Gasteiger partial charge in [0, 0.05) is 25.4 Å². The molecule has 0 saturated carbocycles. The first-order valence-corrected chi connectivity index (χ1v) is 13.0. The van der Waals surface area contributed by atoms with Gasteiger partial charge in [0.1, 0.15) is 11.6 Å². The molecule has 0 spiro atoms. The van der Waals surface area contributed by atoms with Gasteiger partial charge in [-0.15, -0.1) is 0 Å². The molecule has 1 heterocycles. The van der Waals surface area contributed by atoms with Crippen LogP contribution in [0.15, 0.2) is 48.5 Å². The maximum absolute atomic E-state index is 12.2. The van der Waals surface area contributed by atoms with Crippen molar-refractivity contribution in [3.8, 4) is 5.75 Å². The van der Waals surface area contributed by atoms with Crippen molar-refractivity contribution in [2.45, 2.75) is 78.7 Å². The van der Waals surface area contributed by atoms with E-state index < -0.39 is 0 Å². The highest BCUT2D eigenvalue weighted by Crippen LogP contribution is 2.26. The summed E-state index contributed by atoms with van der Waals surface area (Å²) >= 11 is 0. The van der Waals surface area contributed by atoms with E-state index in [1.807, 2.05) is 12.1 Å². The minimum Gasteiger partial charge on any atom is -0.493 e. The fourth-order valence-electron chi connectivity index (χ4n) is 4.47. The molecule has 0 aliphatic rings. The fourth-order valence-corrected chi connectivity index (χ4v) is 4.47. The Balaban J connectivity index is 1.53. The second-order valence-corrected chi connectivity index (χ2v) is 9.32. The second kappa shape index (κ2) is 13.2. The lowest BCUT2D eigenvalue weighted by molar-refractivity contribution is -0.125. The molecule has 0 saturated heterocycles.